The van der Waals surface area contributed by atoms with Gasteiger partial charge >= 0.3 is 0 Å². The van der Waals surface area contributed by atoms with Gasteiger partial charge in [-0.05, 0) is 27.6 Å². The molecule has 0 saturated heterocycles. The van der Waals surface area contributed by atoms with Crippen molar-refractivity contribution in [2.75, 3.05) is 32.1 Å². The van der Waals surface area contributed by atoms with Gasteiger partial charge in [-0.15, -0.1) is 0 Å². The van der Waals surface area contributed by atoms with E-state index in [9.17, 15) is 4.39 Å². The first-order valence-electron chi connectivity index (χ1n) is 5.39. The van der Waals surface area contributed by atoms with Crippen LogP contribution in [0.15, 0.2) is 22.7 Å². The Morgan fingerprint density at radius 1 is 1.35 bits per heavy atom. The number of alkyl halides is 1. The van der Waals surface area contributed by atoms with Gasteiger partial charge in [-0.3, -0.25) is 4.90 Å². The number of benzene rings is 1. The van der Waals surface area contributed by atoms with Crippen molar-refractivity contribution in [3.05, 3.63) is 34.1 Å². The lowest BCUT2D eigenvalue weighted by molar-refractivity contribution is 0.148. The van der Waals surface area contributed by atoms with Crippen molar-refractivity contribution >= 4 is 31.9 Å². The third-order valence-electron chi connectivity index (χ3n) is 2.44. The van der Waals surface area contributed by atoms with Gasteiger partial charge in [0.2, 0.25) is 0 Å². The van der Waals surface area contributed by atoms with Gasteiger partial charge in [-0.1, -0.05) is 28.1 Å². The monoisotopic (exact) mass is 367 g/mol. The van der Waals surface area contributed by atoms with Crippen LogP contribution in [0.25, 0.3) is 0 Å². The predicted octanol–water partition coefficient (Wildman–Crippen LogP) is 3.43. The maximum absolute atomic E-state index is 13.4. The minimum atomic E-state index is -0.215. The highest BCUT2D eigenvalue weighted by Gasteiger charge is 2.10. The molecule has 0 radical (unpaired) electrons. The fourth-order valence-electron chi connectivity index (χ4n) is 1.52. The van der Waals surface area contributed by atoms with Crippen LogP contribution < -0.4 is 0 Å². The van der Waals surface area contributed by atoms with Crippen LogP contribution in [0, 0.1) is 5.82 Å². The van der Waals surface area contributed by atoms with Crippen LogP contribution >= 0.6 is 31.9 Å². The largest absolute Gasteiger partial charge is 0.383 e. The Hall–Kier alpha value is 0.0300. The van der Waals surface area contributed by atoms with Crippen LogP contribution in [0.1, 0.15) is 5.56 Å². The smallest absolute Gasteiger partial charge is 0.137 e. The minimum absolute atomic E-state index is 0.215. The van der Waals surface area contributed by atoms with Crippen molar-refractivity contribution in [3.63, 3.8) is 0 Å². The van der Waals surface area contributed by atoms with Gasteiger partial charge in [0.1, 0.15) is 5.82 Å². The Bertz CT molecular complexity index is 349. The molecule has 0 bridgehead atoms. The van der Waals surface area contributed by atoms with Crippen LogP contribution in [-0.4, -0.2) is 37.0 Å². The molecule has 0 heterocycles. The third-order valence-corrected chi connectivity index (χ3v) is 3.68. The zero-order valence-electron chi connectivity index (χ0n) is 9.76. The van der Waals surface area contributed by atoms with Gasteiger partial charge in [0, 0.05) is 32.1 Å². The zero-order valence-corrected chi connectivity index (χ0v) is 12.9. The molecule has 0 amide bonds. The molecule has 0 fully saturated rings. The van der Waals surface area contributed by atoms with Gasteiger partial charge in [0.15, 0.2) is 0 Å². The summed E-state index contributed by atoms with van der Waals surface area (Å²) in [6, 6.07) is 5.12. The average Bonchev–Trinajstić information content (AvgIpc) is 2.32. The van der Waals surface area contributed by atoms with Crippen molar-refractivity contribution < 1.29 is 9.13 Å². The summed E-state index contributed by atoms with van der Waals surface area (Å²) < 4.78 is 19.0. The van der Waals surface area contributed by atoms with E-state index in [1.165, 1.54) is 6.07 Å². The summed E-state index contributed by atoms with van der Waals surface area (Å²) in [5.74, 6) is -0.215. The fraction of sp³-hybridized carbons (Fsp3) is 0.500. The molecule has 0 atom stereocenters. The Morgan fingerprint density at radius 2 is 2.12 bits per heavy atom. The van der Waals surface area contributed by atoms with Gasteiger partial charge in [-0.2, -0.15) is 0 Å². The standard InChI is InChI=1S/C12H16Br2FNO/c1-17-8-7-16(6-5-13)9-10-3-2-4-11(15)12(10)14/h2-4H,5-9H2,1H3. The van der Waals surface area contributed by atoms with Gasteiger partial charge < -0.3 is 4.74 Å². The molecular weight excluding hydrogens is 353 g/mol. The van der Waals surface area contributed by atoms with Crippen LogP contribution in [0.3, 0.4) is 0 Å². The molecule has 1 rings (SSSR count). The second-order valence-corrected chi connectivity index (χ2v) is 5.26. The number of nitrogens with zero attached hydrogens (tertiary/aromatic N) is 1. The molecule has 0 aliphatic carbocycles. The highest BCUT2D eigenvalue weighted by molar-refractivity contribution is 9.10. The number of halogens is 3. The molecule has 0 aliphatic heterocycles. The number of ether oxygens (including phenoxy) is 1. The summed E-state index contributed by atoms with van der Waals surface area (Å²) in [6.07, 6.45) is 0. The van der Waals surface area contributed by atoms with Crippen LogP contribution in [0.5, 0.6) is 0 Å². The first-order chi connectivity index (χ1) is 8.19. The van der Waals surface area contributed by atoms with Crippen LogP contribution in [0.2, 0.25) is 0 Å². The molecule has 96 valence electrons. The van der Waals surface area contributed by atoms with Crippen LogP contribution in [0.4, 0.5) is 4.39 Å². The Morgan fingerprint density at radius 3 is 2.76 bits per heavy atom. The summed E-state index contributed by atoms with van der Waals surface area (Å²) in [5, 5.41) is 0.893. The second kappa shape index (κ2) is 8.19. The molecule has 0 aliphatic rings. The van der Waals surface area contributed by atoms with Crippen molar-refractivity contribution in [3.8, 4) is 0 Å². The van der Waals surface area contributed by atoms with Gasteiger partial charge in [0.25, 0.3) is 0 Å². The third kappa shape index (κ3) is 5.04. The summed E-state index contributed by atoms with van der Waals surface area (Å²) in [4.78, 5) is 2.22. The summed E-state index contributed by atoms with van der Waals surface area (Å²) in [7, 11) is 1.68. The lowest BCUT2D eigenvalue weighted by atomic mass is 10.2. The molecule has 0 unspecified atom stereocenters. The lowest BCUT2D eigenvalue weighted by Crippen LogP contribution is -2.29. The lowest BCUT2D eigenvalue weighted by Gasteiger charge is -2.21. The highest BCUT2D eigenvalue weighted by atomic mass is 79.9. The molecule has 1 aromatic carbocycles. The van der Waals surface area contributed by atoms with Gasteiger partial charge in [0.05, 0.1) is 11.1 Å². The van der Waals surface area contributed by atoms with E-state index in [4.69, 9.17) is 4.74 Å². The molecule has 5 heteroatoms. The van der Waals surface area contributed by atoms with E-state index in [0.717, 1.165) is 24.0 Å². The molecular formula is C12H16Br2FNO. The molecule has 0 N–H and O–H groups in total. The molecule has 0 spiro atoms. The minimum Gasteiger partial charge on any atom is -0.383 e. The average molecular weight is 369 g/mol. The van der Waals surface area contributed by atoms with E-state index < -0.39 is 0 Å². The highest BCUT2D eigenvalue weighted by Crippen LogP contribution is 2.21. The summed E-state index contributed by atoms with van der Waals surface area (Å²) in [5.41, 5.74) is 0.960. The Kier molecular flexibility index (Phi) is 7.27. The maximum Gasteiger partial charge on any atom is 0.137 e. The number of rotatable bonds is 7. The SMILES string of the molecule is COCCN(CCBr)Cc1cccc(F)c1Br. The molecule has 0 saturated carbocycles. The molecule has 2 nitrogen and oxygen atoms in total. The number of methoxy groups -OCH3 is 1. The van der Waals surface area contributed by atoms with Crippen LogP contribution in [-0.2, 0) is 11.3 Å². The topological polar surface area (TPSA) is 12.5 Å². The maximum atomic E-state index is 13.4. The quantitative estimate of drug-likeness (QED) is 0.683. The van der Waals surface area contributed by atoms with Gasteiger partial charge in [-0.25, -0.2) is 4.39 Å². The predicted molar refractivity (Wildman–Crippen MR) is 75.0 cm³/mol. The zero-order chi connectivity index (χ0) is 12.7. The number of hydrogen-bond acceptors (Lipinski definition) is 2. The van der Waals surface area contributed by atoms with E-state index in [1.807, 2.05) is 6.07 Å². The first kappa shape index (κ1) is 15.1. The second-order valence-electron chi connectivity index (χ2n) is 3.67. The molecule has 0 aromatic heterocycles. The van der Waals surface area contributed by atoms with Crippen molar-refractivity contribution in [1.29, 1.82) is 0 Å². The van der Waals surface area contributed by atoms with Crippen molar-refractivity contribution in [2.24, 2.45) is 0 Å². The Labute approximate surface area is 118 Å². The van der Waals surface area contributed by atoms with E-state index in [0.29, 0.717) is 17.6 Å². The molecule has 1 aromatic rings. The van der Waals surface area contributed by atoms with E-state index in [1.54, 1.807) is 13.2 Å². The van der Waals surface area contributed by atoms with Crippen molar-refractivity contribution in [2.45, 2.75) is 6.54 Å². The van der Waals surface area contributed by atoms with E-state index >= 15 is 0 Å². The van der Waals surface area contributed by atoms with E-state index in [2.05, 4.69) is 36.8 Å². The summed E-state index contributed by atoms with van der Waals surface area (Å²) in [6.45, 7) is 3.14. The fourth-order valence-corrected chi connectivity index (χ4v) is 2.41. The summed E-state index contributed by atoms with van der Waals surface area (Å²) >= 11 is 6.70. The van der Waals surface area contributed by atoms with E-state index in [-0.39, 0.29) is 5.82 Å². The normalized spacial score (nSPS) is 11.1. The van der Waals surface area contributed by atoms with Crippen molar-refractivity contribution in [1.82, 2.24) is 4.90 Å². The first-order valence-corrected chi connectivity index (χ1v) is 7.30. The molecule has 17 heavy (non-hydrogen) atoms. The Balaban J connectivity index is 2.67. The number of hydrogen-bond donors (Lipinski definition) is 0.